The van der Waals surface area contributed by atoms with Gasteiger partial charge in [0.1, 0.15) is 11.7 Å². The fourth-order valence-corrected chi connectivity index (χ4v) is 3.25. The van der Waals surface area contributed by atoms with E-state index in [0.29, 0.717) is 36.1 Å². The molecule has 9 nitrogen and oxygen atoms in total. The van der Waals surface area contributed by atoms with Crippen molar-refractivity contribution in [3.8, 4) is 11.1 Å². The molecule has 0 spiro atoms. The molecule has 0 saturated carbocycles. The second-order valence-electron chi connectivity index (χ2n) is 7.35. The molecule has 0 unspecified atom stereocenters. The first kappa shape index (κ1) is 23.1. The highest BCUT2D eigenvalue weighted by Crippen LogP contribution is 2.31. The maximum absolute atomic E-state index is 13.0. The van der Waals surface area contributed by atoms with Gasteiger partial charge in [-0.3, -0.25) is 14.4 Å². The van der Waals surface area contributed by atoms with E-state index in [-0.39, 0.29) is 24.8 Å². The van der Waals surface area contributed by atoms with E-state index >= 15 is 0 Å². The third-order valence-electron chi connectivity index (χ3n) is 4.74. The van der Waals surface area contributed by atoms with Crippen molar-refractivity contribution in [3.05, 3.63) is 47.6 Å². The van der Waals surface area contributed by atoms with Gasteiger partial charge in [-0.25, -0.2) is 20.0 Å². The number of hydroxylamine groups is 2. The minimum Gasteiger partial charge on any atom is -0.387 e. The van der Waals surface area contributed by atoms with E-state index in [9.17, 15) is 9.59 Å². The average Bonchev–Trinajstić information content (AvgIpc) is 2.94. The number of nitrogens with zero attached hydrogens (tertiary/aromatic N) is 4. The maximum Gasteiger partial charge on any atom is 0.273 e. The zero-order valence-electron chi connectivity index (χ0n) is 18.6. The van der Waals surface area contributed by atoms with Crippen LogP contribution in [0.5, 0.6) is 0 Å². The van der Waals surface area contributed by atoms with Crippen molar-refractivity contribution in [2.75, 3.05) is 13.2 Å². The predicted octanol–water partition coefficient (Wildman–Crippen LogP) is 2.75. The number of nitrogens with two attached hydrogens (primary N) is 1. The highest BCUT2D eigenvalue weighted by atomic mass is 16.7. The topological polar surface area (TPSA) is 123 Å². The van der Waals surface area contributed by atoms with Gasteiger partial charge in [-0.1, -0.05) is 19.1 Å². The lowest BCUT2D eigenvalue weighted by molar-refractivity contribution is -0.180. The van der Waals surface area contributed by atoms with E-state index in [1.165, 1.54) is 12.0 Å². The van der Waals surface area contributed by atoms with Crippen molar-refractivity contribution in [2.45, 2.75) is 40.2 Å². The van der Waals surface area contributed by atoms with Gasteiger partial charge in [0.05, 0.1) is 18.8 Å². The van der Waals surface area contributed by atoms with Gasteiger partial charge in [0.25, 0.3) is 5.91 Å². The molecule has 1 aliphatic rings. The van der Waals surface area contributed by atoms with Crippen LogP contribution in [0.1, 0.15) is 45.0 Å². The molecule has 3 rings (SSSR count). The molecule has 2 aromatic rings. The molecule has 32 heavy (non-hydrogen) atoms. The van der Waals surface area contributed by atoms with Crippen molar-refractivity contribution < 1.29 is 14.4 Å². The Morgan fingerprint density at radius 2 is 1.94 bits per heavy atom. The number of nitrogens with one attached hydrogen (secondary N) is 1. The van der Waals surface area contributed by atoms with Crippen molar-refractivity contribution in [1.29, 1.82) is 0 Å². The number of benzene rings is 1. The molecule has 1 aromatic heterocycles. The van der Waals surface area contributed by atoms with Gasteiger partial charge >= 0.3 is 0 Å². The first-order valence-electron chi connectivity index (χ1n) is 10.6. The zero-order valence-corrected chi connectivity index (χ0v) is 18.6. The second kappa shape index (κ2) is 10.6. The monoisotopic (exact) mass is 436 g/mol. The number of amidine groups is 1. The number of hydrogen-bond donors (Lipinski definition) is 2. The van der Waals surface area contributed by atoms with Gasteiger partial charge in [0, 0.05) is 49.0 Å². The zero-order chi connectivity index (χ0) is 23.1. The van der Waals surface area contributed by atoms with E-state index < -0.39 is 0 Å². The number of fused-ring (bicyclic) bond motifs is 1. The number of amides is 2. The molecule has 1 aliphatic heterocycles. The van der Waals surface area contributed by atoms with Crippen LogP contribution in [0.15, 0.2) is 41.2 Å². The Hall–Kier alpha value is -3.59. The first-order valence-corrected chi connectivity index (χ1v) is 10.6. The summed E-state index contributed by atoms with van der Waals surface area (Å²) >= 11 is 0. The van der Waals surface area contributed by atoms with E-state index in [0.717, 1.165) is 23.1 Å². The molecule has 9 heteroatoms. The van der Waals surface area contributed by atoms with Crippen molar-refractivity contribution in [2.24, 2.45) is 10.7 Å². The van der Waals surface area contributed by atoms with Crippen LogP contribution in [0.25, 0.3) is 17.2 Å². The largest absolute Gasteiger partial charge is 0.387 e. The van der Waals surface area contributed by atoms with E-state index in [2.05, 4.69) is 20.3 Å². The number of aliphatic imine (C=N–C) groups is 1. The Morgan fingerprint density at radius 1 is 1.19 bits per heavy atom. The van der Waals surface area contributed by atoms with Crippen LogP contribution >= 0.6 is 0 Å². The number of rotatable bonds is 8. The molecular weight excluding hydrogens is 408 g/mol. The lowest BCUT2D eigenvalue weighted by atomic mass is 10.0. The minimum absolute atomic E-state index is 0.135. The smallest absolute Gasteiger partial charge is 0.273 e. The van der Waals surface area contributed by atoms with Crippen LogP contribution in [0.2, 0.25) is 0 Å². The first-order chi connectivity index (χ1) is 15.4. The molecule has 0 aliphatic carbocycles. The quantitative estimate of drug-likeness (QED) is 0.614. The summed E-state index contributed by atoms with van der Waals surface area (Å²) in [5, 5.41) is 4.06. The molecule has 0 atom stereocenters. The molecule has 168 valence electrons. The van der Waals surface area contributed by atoms with Crippen molar-refractivity contribution in [1.82, 2.24) is 20.3 Å². The Balaban J connectivity index is 1.87. The van der Waals surface area contributed by atoms with Gasteiger partial charge in [-0.2, -0.15) is 0 Å². The van der Waals surface area contributed by atoms with Crippen LogP contribution in [0.3, 0.4) is 0 Å². The number of carbonyl (C=O) groups excluding carboxylic acids is 2. The van der Waals surface area contributed by atoms with Crippen molar-refractivity contribution in [3.63, 3.8) is 0 Å². The summed E-state index contributed by atoms with van der Waals surface area (Å²) in [4.78, 5) is 42.6. The van der Waals surface area contributed by atoms with E-state index in [1.54, 1.807) is 12.4 Å². The second-order valence-corrected chi connectivity index (χ2v) is 7.35. The summed E-state index contributed by atoms with van der Waals surface area (Å²) in [7, 11) is 0. The molecule has 1 aromatic carbocycles. The van der Waals surface area contributed by atoms with Gasteiger partial charge in [0.2, 0.25) is 5.91 Å². The fraction of sp³-hybridized carbons (Fsp3) is 0.348. The molecule has 3 N–H and O–H groups in total. The Labute approximate surface area is 187 Å². The van der Waals surface area contributed by atoms with E-state index in [1.807, 2.05) is 38.1 Å². The van der Waals surface area contributed by atoms with Gasteiger partial charge in [0.15, 0.2) is 0 Å². The third kappa shape index (κ3) is 5.76. The summed E-state index contributed by atoms with van der Waals surface area (Å²) in [6.45, 7) is 6.48. The lowest BCUT2D eigenvalue weighted by Gasteiger charge is -2.21. The predicted molar refractivity (Wildman–Crippen MR) is 122 cm³/mol. The molecule has 0 fully saturated rings. The van der Waals surface area contributed by atoms with Crippen molar-refractivity contribution >= 4 is 29.4 Å². The number of hydrogen-bond acceptors (Lipinski definition) is 7. The number of aromatic nitrogens is 2. The molecular formula is C23H28N6O3. The van der Waals surface area contributed by atoms with Crippen LogP contribution in [0.4, 0.5) is 5.69 Å². The van der Waals surface area contributed by atoms with E-state index in [4.69, 9.17) is 10.6 Å². The summed E-state index contributed by atoms with van der Waals surface area (Å²) in [5.74, 6) is 0.545. The molecule has 2 heterocycles. The number of carbonyl (C=O) groups is 2. The Bertz CT molecular complexity index is 1040. The molecule has 0 saturated heterocycles. The van der Waals surface area contributed by atoms with Crippen LogP contribution in [0, 0.1) is 0 Å². The lowest BCUT2D eigenvalue weighted by Crippen LogP contribution is -2.34. The summed E-state index contributed by atoms with van der Waals surface area (Å²) < 4.78 is 0. The molecule has 0 bridgehead atoms. The Kier molecular flexibility index (Phi) is 7.67. The molecule has 2 amide bonds. The van der Waals surface area contributed by atoms with Crippen LogP contribution in [-0.4, -0.2) is 45.8 Å². The summed E-state index contributed by atoms with van der Waals surface area (Å²) in [6.07, 6.45) is 6.25. The maximum atomic E-state index is 13.0. The third-order valence-corrected chi connectivity index (χ3v) is 4.74. The minimum atomic E-state index is -0.202. The normalized spacial score (nSPS) is 12.8. The standard InChI is InChI=1S/C23H28N6O3/c1-4-8-29(32-5-2)23(31)18-9-17-7-6-16(10-20(17)28-21(24)11-18)19-12-26-22(27-13-19)14-25-15(3)30/h6-7,9-10,12-13H,4-5,8,11,14H2,1-3H3,(H2,24,28)(H,25,30). The van der Waals surface area contributed by atoms with Gasteiger partial charge in [-0.15, -0.1) is 0 Å². The van der Waals surface area contributed by atoms with Gasteiger partial charge < -0.3 is 11.1 Å². The van der Waals surface area contributed by atoms with Gasteiger partial charge in [-0.05, 0) is 31.1 Å². The summed E-state index contributed by atoms with van der Waals surface area (Å²) in [5.41, 5.74) is 9.81. The summed E-state index contributed by atoms with van der Waals surface area (Å²) in [6, 6.07) is 5.72. The SMILES string of the molecule is CCCN(OCC)C(=O)C1=Cc2ccc(-c3cnc(CNC(C)=O)nc3)cc2N=C(N)C1. The van der Waals surface area contributed by atoms with Crippen LogP contribution in [-0.2, 0) is 21.0 Å². The highest BCUT2D eigenvalue weighted by molar-refractivity contribution is 6.05. The average molecular weight is 437 g/mol. The molecule has 0 radical (unpaired) electrons. The highest BCUT2D eigenvalue weighted by Gasteiger charge is 2.22. The Morgan fingerprint density at radius 3 is 2.59 bits per heavy atom. The fourth-order valence-electron chi connectivity index (χ4n) is 3.25. The van der Waals surface area contributed by atoms with Crippen LogP contribution < -0.4 is 11.1 Å².